The molecule has 6 heterocycles. The highest BCUT2D eigenvalue weighted by atomic mass is 35.5. The molecule has 3 fully saturated rings. The summed E-state index contributed by atoms with van der Waals surface area (Å²) >= 11 is 6.22. The van der Waals surface area contributed by atoms with Gasteiger partial charge in [0.1, 0.15) is 23.8 Å². The highest BCUT2D eigenvalue weighted by Crippen LogP contribution is 2.33. The van der Waals surface area contributed by atoms with Crippen LogP contribution in [0.3, 0.4) is 0 Å². The number of halogens is 1. The minimum atomic E-state index is -1.04. The van der Waals surface area contributed by atoms with Crippen LogP contribution in [-0.4, -0.2) is 142 Å². The Balaban J connectivity index is 0.762. The van der Waals surface area contributed by atoms with Crippen LogP contribution < -0.4 is 26.6 Å². The van der Waals surface area contributed by atoms with Gasteiger partial charge in [-0.25, -0.2) is 9.97 Å². The molecule has 4 aromatic rings. The summed E-state index contributed by atoms with van der Waals surface area (Å²) in [6.07, 6.45) is 5.30. The zero-order valence-corrected chi connectivity index (χ0v) is 35.0. The molecule has 19 heteroatoms. The van der Waals surface area contributed by atoms with E-state index in [2.05, 4.69) is 40.7 Å². The minimum absolute atomic E-state index is 0.000960. The van der Waals surface area contributed by atoms with Gasteiger partial charge in [-0.1, -0.05) is 29.8 Å². The van der Waals surface area contributed by atoms with Gasteiger partial charge in [0.05, 0.1) is 47.7 Å². The topological polar surface area (TPSA) is 228 Å². The zero-order chi connectivity index (χ0) is 43.4. The minimum Gasteiger partial charge on any atom is -0.382 e. The Morgan fingerprint density at radius 1 is 0.952 bits per heavy atom. The number of amides is 6. The maximum atomic E-state index is 13.9. The number of anilines is 2. The van der Waals surface area contributed by atoms with Crippen molar-refractivity contribution in [3.8, 4) is 0 Å². The number of piperazine rings is 1. The van der Waals surface area contributed by atoms with E-state index in [0.29, 0.717) is 82.3 Å². The summed E-state index contributed by atoms with van der Waals surface area (Å²) in [5.41, 5.74) is 8.29. The fraction of sp³-hybridized carbons (Fsp3) is 0.442. The molecule has 6 N–H and O–H groups in total. The molecule has 62 heavy (non-hydrogen) atoms. The lowest BCUT2D eigenvalue weighted by Crippen LogP contribution is -2.60. The van der Waals surface area contributed by atoms with E-state index >= 15 is 0 Å². The van der Waals surface area contributed by atoms with Crippen LogP contribution in [0.4, 0.5) is 11.5 Å². The number of fused-ring (bicyclic) bond motifs is 2. The molecule has 326 valence electrons. The molecule has 2 aromatic carbocycles. The van der Waals surface area contributed by atoms with Crippen LogP contribution >= 0.6 is 11.6 Å². The van der Waals surface area contributed by atoms with E-state index in [4.69, 9.17) is 22.1 Å². The summed E-state index contributed by atoms with van der Waals surface area (Å²) in [4.78, 5) is 96.6. The van der Waals surface area contributed by atoms with E-state index < -0.39 is 35.2 Å². The lowest BCUT2D eigenvalue weighted by Gasteiger charge is -2.39. The Bertz CT molecular complexity index is 2340. The molecule has 0 aliphatic carbocycles. The van der Waals surface area contributed by atoms with Crippen molar-refractivity contribution < 1.29 is 33.5 Å². The molecule has 4 aliphatic heterocycles. The van der Waals surface area contributed by atoms with Gasteiger partial charge in [-0.05, 0) is 61.6 Å². The number of carbonyl (C=O) groups excluding carboxylic acids is 6. The lowest BCUT2D eigenvalue weighted by atomic mass is 9.87. The molecule has 3 saturated heterocycles. The van der Waals surface area contributed by atoms with Crippen molar-refractivity contribution in [2.45, 2.75) is 56.1 Å². The van der Waals surface area contributed by atoms with Gasteiger partial charge in [0.15, 0.2) is 0 Å². The molecule has 4 aliphatic rings. The molecule has 18 nitrogen and oxygen atoms in total. The van der Waals surface area contributed by atoms with Crippen molar-refractivity contribution in [1.29, 1.82) is 0 Å². The van der Waals surface area contributed by atoms with Crippen LogP contribution in [-0.2, 0) is 23.9 Å². The number of nitrogens with two attached hydrogens (primary N) is 1. The van der Waals surface area contributed by atoms with Crippen molar-refractivity contribution in [2.75, 3.05) is 75.8 Å². The van der Waals surface area contributed by atoms with Crippen molar-refractivity contribution in [3.05, 3.63) is 82.8 Å². The summed E-state index contributed by atoms with van der Waals surface area (Å²) in [5.74, 6) is -1.62. The summed E-state index contributed by atoms with van der Waals surface area (Å²) in [6.45, 7) is 5.17. The normalized spacial score (nSPS) is 19.7. The number of aromatic amines is 1. The number of H-pyrrole nitrogens is 1. The highest BCUT2D eigenvalue weighted by molar-refractivity contribution is 6.30. The number of nitrogens with one attached hydrogen (secondary N) is 4. The number of hydrogen-bond acceptors (Lipinski definition) is 13. The predicted octanol–water partition coefficient (Wildman–Crippen LogP) is 2.22. The van der Waals surface area contributed by atoms with Crippen LogP contribution in [0.5, 0.6) is 0 Å². The summed E-state index contributed by atoms with van der Waals surface area (Å²) in [7, 11) is 0. The summed E-state index contributed by atoms with van der Waals surface area (Å²) in [6, 6.07) is 13.0. The third-order valence-corrected chi connectivity index (χ3v) is 12.5. The molecule has 0 bridgehead atoms. The van der Waals surface area contributed by atoms with E-state index in [-0.39, 0.29) is 61.5 Å². The first-order valence-electron chi connectivity index (χ1n) is 21.0. The van der Waals surface area contributed by atoms with E-state index in [1.54, 1.807) is 12.1 Å². The van der Waals surface area contributed by atoms with Gasteiger partial charge < -0.3 is 35.9 Å². The van der Waals surface area contributed by atoms with Gasteiger partial charge in [-0.2, -0.15) is 0 Å². The quantitative estimate of drug-likeness (QED) is 0.0855. The second-order valence-corrected chi connectivity index (χ2v) is 16.6. The fourth-order valence-corrected chi connectivity index (χ4v) is 8.77. The molecule has 1 unspecified atom stereocenters. The van der Waals surface area contributed by atoms with Gasteiger partial charge >= 0.3 is 0 Å². The Kier molecular flexibility index (Phi) is 12.8. The number of nitrogens with zero attached hydrogens (tertiary/aromatic N) is 6. The number of aromatic nitrogens is 3. The van der Waals surface area contributed by atoms with Crippen LogP contribution in [0.2, 0.25) is 5.02 Å². The lowest BCUT2D eigenvalue weighted by molar-refractivity contribution is -0.136. The second kappa shape index (κ2) is 18.6. The van der Waals surface area contributed by atoms with Crippen molar-refractivity contribution in [2.24, 2.45) is 5.73 Å². The van der Waals surface area contributed by atoms with Crippen LogP contribution in [0, 0.1) is 0 Å². The first-order chi connectivity index (χ1) is 30.0. The number of piperidine rings is 2. The van der Waals surface area contributed by atoms with E-state index in [1.165, 1.54) is 12.4 Å². The van der Waals surface area contributed by atoms with E-state index in [0.717, 1.165) is 27.3 Å². The Labute approximate surface area is 362 Å². The first kappa shape index (κ1) is 42.7. The highest BCUT2D eigenvalue weighted by Gasteiger charge is 2.46. The monoisotopic (exact) mass is 867 g/mol. The third kappa shape index (κ3) is 9.13. The van der Waals surface area contributed by atoms with E-state index in [9.17, 15) is 28.8 Å². The zero-order valence-electron chi connectivity index (χ0n) is 34.2. The number of imide groups is 2. The predicted molar refractivity (Wildman–Crippen MR) is 229 cm³/mol. The average Bonchev–Trinajstić information content (AvgIpc) is 3.86. The molecular weight excluding hydrogens is 818 g/mol. The molecule has 2 aromatic heterocycles. The largest absolute Gasteiger partial charge is 0.382 e. The van der Waals surface area contributed by atoms with Gasteiger partial charge in [0.2, 0.25) is 23.6 Å². The number of carbonyl (C=O) groups is 6. The number of hydrogen-bond donors (Lipinski definition) is 5. The average molecular weight is 868 g/mol. The molecular formula is C43H50ClN11O7. The molecule has 6 amide bonds. The molecule has 0 saturated carbocycles. The van der Waals surface area contributed by atoms with Gasteiger partial charge in [0, 0.05) is 75.7 Å². The number of rotatable bonds is 15. The number of benzene rings is 2. The number of ether oxygens (including phenoxy) is 1. The Morgan fingerprint density at radius 2 is 1.73 bits per heavy atom. The van der Waals surface area contributed by atoms with Crippen LogP contribution in [0.25, 0.3) is 11.0 Å². The SMILES string of the molecule is NC1(C(=O)N[C@@H](CCN2CCN(C(=O)CCOCCNc3cccc4c3C(=O)N(C3CCC(=O)NC3=O)C4=O)CC2)c2ccc(Cl)cc2)CCN(c2ncnc3[nH]ccc23)CC1. The fourth-order valence-electron chi connectivity index (χ4n) is 8.65. The smallest absolute Gasteiger partial charge is 0.264 e. The van der Waals surface area contributed by atoms with Crippen molar-refractivity contribution >= 4 is 69.6 Å². The first-order valence-corrected chi connectivity index (χ1v) is 21.4. The van der Waals surface area contributed by atoms with E-state index in [1.807, 2.05) is 41.4 Å². The molecule has 2 atom stereocenters. The summed E-state index contributed by atoms with van der Waals surface area (Å²) in [5, 5.41) is 10.2. The Hall–Kier alpha value is -5.95. The Morgan fingerprint density at radius 3 is 2.48 bits per heavy atom. The van der Waals surface area contributed by atoms with Gasteiger partial charge in [-0.15, -0.1) is 0 Å². The molecule has 0 spiro atoms. The van der Waals surface area contributed by atoms with Crippen molar-refractivity contribution in [3.63, 3.8) is 0 Å². The molecule has 8 rings (SSSR count). The standard InChI is InChI=1S/C43H50ClN11O7/c44-28-6-4-27(5-7-28)31(50-42(61)43(45)13-18-54(19-14-43)38-30-10-15-47-37(30)48-26-49-38)11-17-52-20-22-53(23-21-52)35(57)12-24-62-25-16-46-32-3-1-2-29-36(32)41(60)55(40(29)59)33-8-9-34(56)51-39(33)58/h1-7,10,15,26,31,33,46H,8-9,11-14,16-25,45H2,(H,50,61)(H,47,48,49)(H,51,56,58)/t31-,33?/m0/s1. The van der Waals surface area contributed by atoms with Crippen molar-refractivity contribution in [1.82, 2.24) is 40.3 Å². The third-order valence-electron chi connectivity index (χ3n) is 12.3. The van der Waals surface area contributed by atoms with Crippen LogP contribution in [0.1, 0.15) is 70.8 Å². The van der Waals surface area contributed by atoms with Gasteiger partial charge in [0.25, 0.3) is 11.8 Å². The maximum absolute atomic E-state index is 13.9. The second-order valence-electron chi connectivity index (χ2n) is 16.1. The molecule has 0 radical (unpaired) electrons. The van der Waals surface area contributed by atoms with Crippen LogP contribution in [0.15, 0.2) is 61.1 Å². The van der Waals surface area contributed by atoms with Gasteiger partial charge in [-0.3, -0.25) is 43.9 Å². The maximum Gasteiger partial charge on any atom is 0.264 e. The summed E-state index contributed by atoms with van der Waals surface area (Å²) < 4.78 is 5.75.